The predicted octanol–water partition coefficient (Wildman–Crippen LogP) is 3.68. The number of rotatable bonds is 4. The predicted molar refractivity (Wildman–Crippen MR) is 121 cm³/mol. The van der Waals surface area contributed by atoms with Crippen molar-refractivity contribution in [2.75, 3.05) is 25.0 Å². The van der Waals surface area contributed by atoms with Crippen molar-refractivity contribution in [2.24, 2.45) is 5.92 Å². The van der Waals surface area contributed by atoms with Crippen LogP contribution >= 0.6 is 0 Å². The maximum Gasteiger partial charge on any atom is 0.228 e. The van der Waals surface area contributed by atoms with Crippen LogP contribution in [0, 0.1) is 5.92 Å². The van der Waals surface area contributed by atoms with E-state index < -0.39 is 0 Å². The first-order valence-corrected chi connectivity index (χ1v) is 11.2. The number of anilines is 1. The highest BCUT2D eigenvalue weighted by Crippen LogP contribution is 2.29. The molecule has 0 saturated carbocycles. The zero-order chi connectivity index (χ0) is 21.2. The lowest BCUT2D eigenvalue weighted by Crippen LogP contribution is -2.51. The van der Waals surface area contributed by atoms with Crippen molar-refractivity contribution < 1.29 is 9.21 Å². The minimum absolute atomic E-state index is 0.0333. The Kier molecular flexibility index (Phi) is 5.70. The molecule has 4 heterocycles. The quantitative estimate of drug-likeness (QED) is 0.671. The SMILES string of the molecule is CC1CC(C(=O)Nc2cc3cc(-c4cnco4)ccc3cn2)CCN1C1CCNCC1. The van der Waals surface area contributed by atoms with Crippen molar-refractivity contribution in [3.8, 4) is 11.3 Å². The number of nitrogens with one attached hydrogen (secondary N) is 2. The summed E-state index contributed by atoms with van der Waals surface area (Å²) in [5.74, 6) is 1.43. The van der Waals surface area contributed by atoms with Crippen LogP contribution in [0.1, 0.15) is 32.6 Å². The Balaban J connectivity index is 1.25. The number of fused-ring (bicyclic) bond motifs is 1. The summed E-state index contributed by atoms with van der Waals surface area (Å²) in [4.78, 5) is 24.0. The van der Waals surface area contributed by atoms with E-state index in [9.17, 15) is 4.79 Å². The minimum atomic E-state index is 0.0333. The summed E-state index contributed by atoms with van der Waals surface area (Å²) >= 11 is 0. The third-order valence-corrected chi connectivity index (χ3v) is 6.77. The minimum Gasteiger partial charge on any atom is -0.444 e. The van der Waals surface area contributed by atoms with Crippen LogP contribution in [0.3, 0.4) is 0 Å². The summed E-state index contributed by atoms with van der Waals surface area (Å²) < 4.78 is 5.40. The van der Waals surface area contributed by atoms with Crippen molar-refractivity contribution in [1.29, 1.82) is 0 Å². The summed E-state index contributed by atoms with van der Waals surface area (Å²) in [6.45, 7) is 5.46. The molecule has 2 aromatic heterocycles. The highest BCUT2D eigenvalue weighted by molar-refractivity contribution is 5.95. The number of hydrogen-bond acceptors (Lipinski definition) is 6. The number of carbonyl (C=O) groups is 1. The third-order valence-electron chi connectivity index (χ3n) is 6.77. The number of benzene rings is 1. The molecule has 3 aromatic rings. The van der Waals surface area contributed by atoms with Gasteiger partial charge in [0.05, 0.1) is 6.20 Å². The first kappa shape index (κ1) is 20.2. The number of piperidine rings is 2. The zero-order valence-electron chi connectivity index (χ0n) is 17.9. The first-order valence-electron chi connectivity index (χ1n) is 11.2. The molecule has 0 radical (unpaired) electrons. The lowest BCUT2D eigenvalue weighted by molar-refractivity contribution is -0.122. The molecular formula is C24H29N5O2. The summed E-state index contributed by atoms with van der Waals surface area (Å²) in [5.41, 5.74) is 0.951. The average Bonchev–Trinajstić information content (AvgIpc) is 3.34. The van der Waals surface area contributed by atoms with Gasteiger partial charge < -0.3 is 15.1 Å². The molecule has 2 unspecified atom stereocenters. The second-order valence-electron chi connectivity index (χ2n) is 8.78. The number of likely N-dealkylation sites (tertiary alicyclic amines) is 1. The fourth-order valence-corrected chi connectivity index (χ4v) is 5.06. The topological polar surface area (TPSA) is 83.3 Å². The molecular weight excluding hydrogens is 390 g/mol. The van der Waals surface area contributed by atoms with Gasteiger partial charge in [0.25, 0.3) is 0 Å². The van der Waals surface area contributed by atoms with Crippen LogP contribution in [-0.2, 0) is 4.79 Å². The number of hydrogen-bond donors (Lipinski definition) is 2. The Bertz CT molecular complexity index is 1050. The van der Waals surface area contributed by atoms with Crippen molar-refractivity contribution in [2.45, 2.75) is 44.7 Å². The van der Waals surface area contributed by atoms with E-state index in [-0.39, 0.29) is 11.8 Å². The molecule has 162 valence electrons. The molecule has 2 fully saturated rings. The number of carbonyl (C=O) groups excluding carboxylic acids is 1. The van der Waals surface area contributed by atoms with E-state index in [1.165, 1.54) is 19.2 Å². The Morgan fingerprint density at radius 3 is 2.81 bits per heavy atom. The number of aromatic nitrogens is 2. The van der Waals surface area contributed by atoms with Crippen LogP contribution in [0.2, 0.25) is 0 Å². The molecule has 2 N–H and O–H groups in total. The monoisotopic (exact) mass is 419 g/mol. The average molecular weight is 420 g/mol. The van der Waals surface area contributed by atoms with Crippen molar-refractivity contribution in [1.82, 2.24) is 20.2 Å². The molecule has 5 rings (SSSR count). The molecule has 31 heavy (non-hydrogen) atoms. The molecule has 0 aliphatic carbocycles. The van der Waals surface area contributed by atoms with Gasteiger partial charge in [0.2, 0.25) is 5.91 Å². The molecule has 0 bridgehead atoms. The molecule has 2 saturated heterocycles. The number of nitrogens with zero attached hydrogens (tertiary/aromatic N) is 3. The van der Waals surface area contributed by atoms with Gasteiger partial charge in [0, 0.05) is 35.1 Å². The summed E-state index contributed by atoms with van der Waals surface area (Å²) in [5, 5.41) is 8.53. The lowest BCUT2D eigenvalue weighted by Gasteiger charge is -2.43. The van der Waals surface area contributed by atoms with Crippen LogP contribution in [0.25, 0.3) is 22.1 Å². The molecule has 2 atom stereocenters. The summed E-state index contributed by atoms with van der Waals surface area (Å²) in [6, 6.07) is 9.04. The fraction of sp³-hybridized carbons (Fsp3) is 0.458. The maximum absolute atomic E-state index is 13.0. The Morgan fingerprint density at radius 1 is 1.16 bits per heavy atom. The molecule has 2 aliphatic rings. The molecule has 1 amide bonds. The van der Waals surface area contributed by atoms with E-state index in [0.717, 1.165) is 54.6 Å². The summed E-state index contributed by atoms with van der Waals surface area (Å²) in [7, 11) is 0. The smallest absolute Gasteiger partial charge is 0.228 e. The van der Waals surface area contributed by atoms with Gasteiger partial charge in [-0.3, -0.25) is 9.69 Å². The Hall–Kier alpha value is -2.77. The Labute approximate surface area is 182 Å². The van der Waals surface area contributed by atoms with Gasteiger partial charge in [-0.25, -0.2) is 9.97 Å². The van der Waals surface area contributed by atoms with E-state index in [0.29, 0.717) is 17.9 Å². The van der Waals surface area contributed by atoms with Crippen LogP contribution < -0.4 is 10.6 Å². The lowest BCUT2D eigenvalue weighted by atomic mass is 9.88. The van der Waals surface area contributed by atoms with Gasteiger partial charge in [0.15, 0.2) is 12.2 Å². The van der Waals surface area contributed by atoms with Crippen molar-refractivity contribution >= 4 is 22.5 Å². The van der Waals surface area contributed by atoms with Crippen molar-refractivity contribution in [3.05, 3.63) is 43.1 Å². The van der Waals surface area contributed by atoms with Gasteiger partial charge in [-0.1, -0.05) is 12.1 Å². The van der Waals surface area contributed by atoms with Gasteiger partial charge in [-0.2, -0.15) is 0 Å². The van der Waals surface area contributed by atoms with Gasteiger partial charge in [0.1, 0.15) is 5.82 Å². The van der Waals surface area contributed by atoms with Crippen molar-refractivity contribution in [3.63, 3.8) is 0 Å². The second-order valence-corrected chi connectivity index (χ2v) is 8.78. The number of amides is 1. The van der Waals surface area contributed by atoms with Crippen LogP contribution in [0.5, 0.6) is 0 Å². The molecule has 0 spiro atoms. The van der Waals surface area contributed by atoms with Gasteiger partial charge in [-0.05, 0) is 69.8 Å². The molecule has 7 nitrogen and oxygen atoms in total. The van der Waals surface area contributed by atoms with E-state index in [1.807, 2.05) is 24.3 Å². The van der Waals surface area contributed by atoms with E-state index in [1.54, 1.807) is 12.4 Å². The van der Waals surface area contributed by atoms with Gasteiger partial charge in [-0.15, -0.1) is 0 Å². The van der Waals surface area contributed by atoms with Crippen LogP contribution in [0.15, 0.2) is 47.5 Å². The first-order chi connectivity index (χ1) is 15.2. The largest absolute Gasteiger partial charge is 0.444 e. The highest BCUT2D eigenvalue weighted by Gasteiger charge is 2.34. The molecule has 1 aromatic carbocycles. The third kappa shape index (κ3) is 4.34. The van der Waals surface area contributed by atoms with E-state index >= 15 is 0 Å². The van der Waals surface area contributed by atoms with Crippen LogP contribution in [-0.4, -0.2) is 52.5 Å². The highest BCUT2D eigenvalue weighted by atomic mass is 16.3. The fourth-order valence-electron chi connectivity index (χ4n) is 5.06. The summed E-state index contributed by atoms with van der Waals surface area (Å²) in [6.07, 6.45) is 9.15. The standard InChI is InChI=1S/C24H29N5O2/c1-16-10-18(6-9-29(16)21-4-7-25-8-5-21)24(30)28-23-12-20-11-17(22-14-26-15-31-22)2-3-19(20)13-27-23/h2-3,11-16,18,21,25H,4-10H2,1H3,(H,27,28,30). The maximum atomic E-state index is 13.0. The van der Waals surface area contributed by atoms with Gasteiger partial charge >= 0.3 is 0 Å². The van der Waals surface area contributed by atoms with Crippen LogP contribution in [0.4, 0.5) is 5.82 Å². The number of oxazole rings is 1. The molecule has 2 aliphatic heterocycles. The van der Waals surface area contributed by atoms with E-state index in [2.05, 4.69) is 32.4 Å². The number of pyridine rings is 1. The molecule has 7 heteroatoms. The normalized spacial score (nSPS) is 23.1. The Morgan fingerprint density at radius 2 is 2.03 bits per heavy atom. The van der Waals surface area contributed by atoms with E-state index in [4.69, 9.17) is 4.42 Å². The second kappa shape index (κ2) is 8.77. The zero-order valence-corrected chi connectivity index (χ0v) is 17.9.